The minimum Gasteiger partial charge on any atom is -0.192 e. The van der Waals surface area contributed by atoms with Crippen molar-refractivity contribution in [2.75, 3.05) is 0 Å². The highest BCUT2D eigenvalue weighted by Gasteiger charge is 2.07. The van der Waals surface area contributed by atoms with Gasteiger partial charge in [-0.05, 0) is 75.4 Å². The summed E-state index contributed by atoms with van der Waals surface area (Å²) in [7, 11) is 0. The van der Waals surface area contributed by atoms with Gasteiger partial charge in [0.25, 0.3) is 0 Å². The summed E-state index contributed by atoms with van der Waals surface area (Å²) in [5.74, 6) is 0. The molecule has 2 rings (SSSR count). The molecule has 0 aromatic heterocycles. The molecule has 0 aliphatic heterocycles. The molecule has 0 heterocycles. The molecule has 0 atom stereocenters. The second kappa shape index (κ2) is 5.36. The Morgan fingerprint density at radius 1 is 0.941 bits per heavy atom. The Morgan fingerprint density at radius 3 is 1.94 bits per heavy atom. The molecule has 0 amide bonds. The van der Waals surface area contributed by atoms with E-state index in [1.54, 1.807) is 0 Å². The number of rotatable bonds is 1. The summed E-state index contributed by atoms with van der Waals surface area (Å²) in [6.07, 6.45) is 0. The molecule has 0 unspecified atom stereocenters. The molecular weight excluding hydrogens is 436 g/mol. The molecule has 0 saturated heterocycles. The topological polar surface area (TPSA) is 23.8 Å². The maximum Gasteiger partial charge on any atom is 0.101 e. The van der Waals surface area contributed by atoms with Crippen molar-refractivity contribution in [2.24, 2.45) is 0 Å². The van der Waals surface area contributed by atoms with Gasteiger partial charge >= 0.3 is 0 Å². The van der Waals surface area contributed by atoms with Crippen LogP contribution in [0.25, 0.3) is 11.1 Å². The number of hydrogen-bond acceptors (Lipinski definition) is 1. The summed E-state index contributed by atoms with van der Waals surface area (Å²) in [6.45, 7) is 2.08. The van der Waals surface area contributed by atoms with E-state index in [1.807, 2.05) is 0 Å². The van der Waals surface area contributed by atoms with E-state index in [1.165, 1.54) is 11.1 Å². The van der Waals surface area contributed by atoms with Crippen molar-refractivity contribution < 1.29 is 0 Å². The minimum absolute atomic E-state index is 0.766. The van der Waals surface area contributed by atoms with E-state index < -0.39 is 0 Å². The minimum atomic E-state index is 0.766. The van der Waals surface area contributed by atoms with Crippen molar-refractivity contribution in [1.82, 2.24) is 0 Å². The van der Waals surface area contributed by atoms with Crippen LogP contribution in [-0.2, 0) is 0 Å². The first-order valence-corrected chi connectivity index (χ1v) is 7.24. The lowest BCUT2D eigenvalue weighted by molar-refractivity contribution is 1.43. The molecule has 0 aliphatic carbocycles. The Kier molecular flexibility index (Phi) is 4.05. The number of hydrogen-bond donors (Lipinski definition) is 0. The summed E-state index contributed by atoms with van der Waals surface area (Å²) in [4.78, 5) is 0. The number of aryl methyl sites for hydroxylation is 1. The van der Waals surface area contributed by atoms with Crippen molar-refractivity contribution in [1.29, 1.82) is 5.26 Å². The quantitative estimate of drug-likeness (QED) is 0.582. The average Bonchev–Trinajstić information content (AvgIpc) is 2.29. The average molecular weight is 445 g/mol. The van der Waals surface area contributed by atoms with Crippen LogP contribution in [0, 0.1) is 25.4 Å². The van der Waals surface area contributed by atoms with Crippen LogP contribution in [0.5, 0.6) is 0 Å². The van der Waals surface area contributed by atoms with Gasteiger partial charge in [0.15, 0.2) is 0 Å². The Labute approximate surface area is 128 Å². The van der Waals surface area contributed by atoms with Crippen LogP contribution in [0.15, 0.2) is 36.4 Å². The SMILES string of the molecule is Cc1ccc(-c2cc(I)c(C#N)c(I)c2)cc1. The van der Waals surface area contributed by atoms with Gasteiger partial charge in [-0.15, -0.1) is 0 Å². The van der Waals surface area contributed by atoms with Gasteiger partial charge in [0.2, 0.25) is 0 Å². The molecular formula is C14H9I2N. The second-order valence-electron chi connectivity index (χ2n) is 3.79. The molecule has 0 bridgehead atoms. The van der Waals surface area contributed by atoms with Crippen LogP contribution in [0.4, 0.5) is 0 Å². The largest absolute Gasteiger partial charge is 0.192 e. The predicted molar refractivity (Wildman–Crippen MR) is 86.8 cm³/mol. The van der Waals surface area contributed by atoms with E-state index in [9.17, 15) is 0 Å². The first-order chi connectivity index (χ1) is 8.11. The van der Waals surface area contributed by atoms with Gasteiger partial charge in [-0.2, -0.15) is 5.26 Å². The summed E-state index contributed by atoms with van der Waals surface area (Å²) in [5.41, 5.74) is 4.38. The first-order valence-electron chi connectivity index (χ1n) is 5.08. The van der Waals surface area contributed by atoms with E-state index in [0.29, 0.717) is 0 Å². The maximum atomic E-state index is 9.04. The van der Waals surface area contributed by atoms with E-state index in [4.69, 9.17) is 5.26 Å². The summed E-state index contributed by atoms with van der Waals surface area (Å²) >= 11 is 4.44. The van der Waals surface area contributed by atoms with Crippen molar-refractivity contribution in [3.8, 4) is 17.2 Å². The molecule has 1 nitrogen and oxygen atoms in total. The number of nitrogens with zero attached hydrogens (tertiary/aromatic N) is 1. The summed E-state index contributed by atoms with van der Waals surface area (Å²) in [5, 5.41) is 9.04. The van der Waals surface area contributed by atoms with Gasteiger partial charge in [0.1, 0.15) is 6.07 Å². The Balaban J connectivity index is 2.55. The molecule has 0 aliphatic rings. The fourth-order valence-corrected chi connectivity index (χ4v) is 3.60. The maximum absolute atomic E-state index is 9.04. The lowest BCUT2D eigenvalue weighted by Crippen LogP contribution is -1.89. The molecule has 2 aromatic carbocycles. The van der Waals surface area contributed by atoms with Crippen molar-refractivity contribution >= 4 is 45.2 Å². The molecule has 0 radical (unpaired) electrons. The van der Waals surface area contributed by atoms with Crippen molar-refractivity contribution in [3.63, 3.8) is 0 Å². The standard InChI is InChI=1S/C14H9I2N/c1-9-2-4-10(5-3-9)11-6-13(15)12(8-17)14(16)7-11/h2-7H,1H3. The predicted octanol–water partition coefficient (Wildman–Crippen LogP) is 4.74. The molecule has 0 spiro atoms. The number of benzene rings is 2. The molecule has 84 valence electrons. The Hall–Kier alpha value is -0.610. The second-order valence-corrected chi connectivity index (χ2v) is 6.12. The van der Waals surface area contributed by atoms with Crippen LogP contribution in [0.2, 0.25) is 0 Å². The third-order valence-electron chi connectivity index (χ3n) is 2.54. The highest BCUT2D eigenvalue weighted by atomic mass is 127. The monoisotopic (exact) mass is 445 g/mol. The van der Waals surface area contributed by atoms with E-state index in [2.05, 4.69) is 94.6 Å². The number of nitriles is 1. The lowest BCUT2D eigenvalue weighted by Gasteiger charge is -2.06. The molecule has 0 saturated carbocycles. The Bertz CT molecular complexity index is 572. The Morgan fingerprint density at radius 2 is 1.47 bits per heavy atom. The normalized spacial score (nSPS) is 10.0. The van der Waals surface area contributed by atoms with Gasteiger partial charge in [-0.25, -0.2) is 0 Å². The molecule has 0 N–H and O–H groups in total. The molecule has 17 heavy (non-hydrogen) atoms. The van der Waals surface area contributed by atoms with Gasteiger partial charge < -0.3 is 0 Å². The van der Waals surface area contributed by atoms with Gasteiger partial charge in [-0.3, -0.25) is 0 Å². The zero-order valence-electron chi connectivity index (χ0n) is 9.17. The third kappa shape index (κ3) is 2.80. The van der Waals surface area contributed by atoms with E-state index in [-0.39, 0.29) is 0 Å². The number of halogens is 2. The molecule has 0 fully saturated rings. The first kappa shape index (κ1) is 12.8. The van der Waals surface area contributed by atoms with E-state index >= 15 is 0 Å². The van der Waals surface area contributed by atoms with Gasteiger partial charge in [0, 0.05) is 7.14 Å². The van der Waals surface area contributed by atoms with Crippen LogP contribution >= 0.6 is 45.2 Å². The fraction of sp³-hybridized carbons (Fsp3) is 0.0714. The molecule has 3 heteroatoms. The van der Waals surface area contributed by atoms with Crippen molar-refractivity contribution in [3.05, 3.63) is 54.7 Å². The van der Waals surface area contributed by atoms with Gasteiger partial charge in [0.05, 0.1) is 5.56 Å². The van der Waals surface area contributed by atoms with Crippen LogP contribution in [0.3, 0.4) is 0 Å². The van der Waals surface area contributed by atoms with Crippen molar-refractivity contribution in [2.45, 2.75) is 6.92 Å². The zero-order chi connectivity index (χ0) is 12.4. The van der Waals surface area contributed by atoms with Crippen LogP contribution in [-0.4, -0.2) is 0 Å². The smallest absolute Gasteiger partial charge is 0.101 e. The highest BCUT2D eigenvalue weighted by molar-refractivity contribution is 14.1. The lowest BCUT2D eigenvalue weighted by atomic mass is 10.0. The highest BCUT2D eigenvalue weighted by Crippen LogP contribution is 2.27. The van der Waals surface area contributed by atoms with Gasteiger partial charge in [-0.1, -0.05) is 29.8 Å². The summed E-state index contributed by atoms with van der Waals surface area (Å²) < 4.78 is 2.01. The fourth-order valence-electron chi connectivity index (χ4n) is 1.59. The van der Waals surface area contributed by atoms with Crippen LogP contribution < -0.4 is 0 Å². The summed E-state index contributed by atoms with van der Waals surface area (Å²) in [6, 6.07) is 14.8. The third-order valence-corrected chi connectivity index (χ3v) is 4.24. The zero-order valence-corrected chi connectivity index (χ0v) is 13.5. The van der Waals surface area contributed by atoms with E-state index in [0.717, 1.165) is 18.3 Å². The van der Waals surface area contributed by atoms with Crippen LogP contribution in [0.1, 0.15) is 11.1 Å². The molecule has 2 aromatic rings.